The summed E-state index contributed by atoms with van der Waals surface area (Å²) in [5.41, 5.74) is 3.77. The maximum Gasteiger partial charge on any atom is 0.345 e. The van der Waals surface area contributed by atoms with Crippen LogP contribution in [0.25, 0.3) is 5.76 Å². The van der Waals surface area contributed by atoms with Crippen molar-refractivity contribution < 1.29 is 29.7 Å². The quantitative estimate of drug-likeness (QED) is 0.271. The number of nitrogens with two attached hydrogens (primary N) is 1. The predicted molar refractivity (Wildman–Crippen MR) is 76.4 cm³/mol. The summed E-state index contributed by atoms with van der Waals surface area (Å²) in [6, 6.07) is 7.84. The van der Waals surface area contributed by atoms with Crippen LogP contribution in [0, 0.1) is 0 Å². The average Bonchev–Trinajstić information content (AvgIpc) is 2.45. The van der Waals surface area contributed by atoms with Gasteiger partial charge >= 0.3 is 5.97 Å². The summed E-state index contributed by atoms with van der Waals surface area (Å²) in [7, 11) is 0. The first kappa shape index (κ1) is 16.4. The van der Waals surface area contributed by atoms with Crippen LogP contribution in [0.3, 0.4) is 0 Å². The molecule has 0 aliphatic rings. The molecule has 21 heavy (non-hydrogen) atoms. The number of ketones is 1. The number of carboxylic acids is 1. The van der Waals surface area contributed by atoms with Gasteiger partial charge in [0.1, 0.15) is 10.2 Å². The van der Waals surface area contributed by atoms with E-state index in [9.17, 15) is 24.6 Å². The van der Waals surface area contributed by atoms with Gasteiger partial charge in [-0.2, -0.15) is 0 Å². The first-order valence-corrected chi connectivity index (χ1v) is 6.21. The number of halogens is 1. The molecule has 0 atom stereocenters. The smallest absolute Gasteiger partial charge is 0.345 e. The number of carbonyl (C=O) groups excluding carboxylic acids is 2. The Balaban J connectivity index is 3.33. The molecule has 0 saturated heterocycles. The van der Waals surface area contributed by atoms with Gasteiger partial charge in [0.25, 0.3) is 5.91 Å². The molecule has 0 heterocycles. The van der Waals surface area contributed by atoms with E-state index in [2.05, 4.69) is 15.9 Å². The number of amides is 1. The molecule has 0 bridgehead atoms. The Labute approximate surface area is 127 Å². The predicted octanol–water partition coefficient (Wildman–Crippen LogP) is 1.26. The second kappa shape index (κ2) is 6.71. The Kier molecular flexibility index (Phi) is 5.25. The van der Waals surface area contributed by atoms with E-state index in [1.165, 1.54) is 12.1 Å². The molecule has 0 aromatic heterocycles. The zero-order valence-corrected chi connectivity index (χ0v) is 12.0. The number of allylic oxidation sites excluding steroid dienone is 1. The van der Waals surface area contributed by atoms with Crippen molar-refractivity contribution in [2.24, 2.45) is 5.73 Å². The van der Waals surface area contributed by atoms with E-state index >= 15 is 0 Å². The molecule has 0 fully saturated rings. The van der Waals surface area contributed by atoms with Crippen LogP contribution in [-0.4, -0.2) is 33.0 Å². The lowest BCUT2D eigenvalue weighted by Crippen LogP contribution is -2.25. The topological polar surface area (TPSA) is 138 Å². The Morgan fingerprint density at radius 3 is 1.95 bits per heavy atom. The van der Waals surface area contributed by atoms with E-state index in [1.54, 1.807) is 18.2 Å². The number of hydrogen-bond acceptors (Lipinski definition) is 5. The van der Waals surface area contributed by atoms with Crippen LogP contribution in [0.2, 0.25) is 0 Å². The molecule has 0 saturated carbocycles. The van der Waals surface area contributed by atoms with Crippen LogP contribution in [-0.2, 0) is 14.4 Å². The summed E-state index contributed by atoms with van der Waals surface area (Å²) in [5.74, 6) is -6.51. The monoisotopic (exact) mass is 355 g/mol. The fourth-order valence-electron chi connectivity index (χ4n) is 1.37. The third kappa shape index (κ3) is 3.69. The van der Waals surface area contributed by atoms with E-state index in [-0.39, 0.29) is 5.56 Å². The van der Waals surface area contributed by atoms with E-state index in [1.807, 2.05) is 0 Å². The van der Waals surface area contributed by atoms with Gasteiger partial charge in [-0.3, -0.25) is 9.59 Å². The SMILES string of the molecule is NC(=O)/C(C(=O)O)=C(/O)C(=O)/C(Br)=C(\O)c1ccccc1. The molecule has 5 N–H and O–H groups in total. The van der Waals surface area contributed by atoms with Gasteiger partial charge in [-0.05, 0) is 15.9 Å². The van der Waals surface area contributed by atoms with Gasteiger partial charge in [-0.1, -0.05) is 30.3 Å². The Hall–Kier alpha value is -2.61. The summed E-state index contributed by atoms with van der Waals surface area (Å²) < 4.78 is -0.508. The largest absolute Gasteiger partial charge is 0.506 e. The van der Waals surface area contributed by atoms with Crippen LogP contribution in [0.4, 0.5) is 0 Å². The number of carboxylic acid groups (broad SMARTS) is 1. The fraction of sp³-hybridized carbons (Fsp3) is 0. The Morgan fingerprint density at radius 2 is 1.52 bits per heavy atom. The lowest BCUT2D eigenvalue weighted by atomic mass is 10.1. The van der Waals surface area contributed by atoms with Gasteiger partial charge in [-0.25, -0.2) is 4.79 Å². The number of benzene rings is 1. The maximum absolute atomic E-state index is 11.9. The van der Waals surface area contributed by atoms with Gasteiger partial charge in [0.15, 0.2) is 11.3 Å². The van der Waals surface area contributed by atoms with Crippen molar-refractivity contribution in [1.82, 2.24) is 0 Å². The van der Waals surface area contributed by atoms with Gasteiger partial charge in [0.05, 0.1) is 0 Å². The molecular formula is C13H10BrNO6. The zero-order chi connectivity index (χ0) is 16.2. The Morgan fingerprint density at radius 1 is 1.00 bits per heavy atom. The van der Waals surface area contributed by atoms with Crippen LogP contribution in [0.5, 0.6) is 0 Å². The van der Waals surface area contributed by atoms with Crippen LogP contribution in [0.15, 0.2) is 46.1 Å². The van der Waals surface area contributed by atoms with Crippen molar-refractivity contribution in [3.05, 3.63) is 51.7 Å². The molecule has 1 amide bonds. The number of rotatable bonds is 5. The number of hydrogen-bond donors (Lipinski definition) is 4. The molecule has 1 rings (SSSR count). The summed E-state index contributed by atoms with van der Waals surface area (Å²) in [6.07, 6.45) is 0. The number of aliphatic carboxylic acids is 1. The molecule has 8 heteroatoms. The molecular weight excluding hydrogens is 346 g/mol. The van der Waals surface area contributed by atoms with Crippen LogP contribution >= 0.6 is 15.9 Å². The maximum atomic E-state index is 11.9. The number of Topliss-reactive ketones (excluding diaryl/α,β-unsaturated/α-hetero) is 1. The highest BCUT2D eigenvalue weighted by atomic mass is 79.9. The summed E-state index contributed by atoms with van der Waals surface area (Å²) >= 11 is 2.75. The van der Waals surface area contributed by atoms with Gasteiger partial charge < -0.3 is 21.1 Å². The van der Waals surface area contributed by atoms with Crippen molar-refractivity contribution in [2.45, 2.75) is 0 Å². The number of aliphatic hydroxyl groups is 2. The average molecular weight is 356 g/mol. The summed E-state index contributed by atoms with van der Waals surface area (Å²) in [4.78, 5) is 33.6. The number of primary amides is 1. The lowest BCUT2D eigenvalue weighted by molar-refractivity contribution is -0.135. The van der Waals surface area contributed by atoms with E-state index in [4.69, 9.17) is 10.8 Å². The highest BCUT2D eigenvalue weighted by molar-refractivity contribution is 9.12. The normalized spacial score (nSPS) is 13.0. The van der Waals surface area contributed by atoms with Gasteiger partial charge in [0.2, 0.25) is 5.78 Å². The standard InChI is InChI=1S/C13H10BrNO6/c14-8(9(16)6-4-2-1-3-5-6)11(18)10(17)7(12(15)19)13(20)21/h1-5,16-17H,(H2,15,19)(H,20,21)/b9-8+,10-7-. The van der Waals surface area contributed by atoms with Gasteiger partial charge in [0, 0.05) is 5.56 Å². The van der Waals surface area contributed by atoms with Crippen molar-refractivity contribution >= 4 is 39.3 Å². The minimum atomic E-state index is -1.85. The molecule has 0 unspecified atom stereocenters. The van der Waals surface area contributed by atoms with E-state index in [0.29, 0.717) is 0 Å². The van der Waals surface area contributed by atoms with Crippen molar-refractivity contribution in [3.8, 4) is 0 Å². The Bertz CT molecular complexity index is 646. The molecule has 110 valence electrons. The van der Waals surface area contributed by atoms with Crippen molar-refractivity contribution in [1.29, 1.82) is 0 Å². The number of aliphatic hydroxyl groups excluding tert-OH is 2. The molecule has 0 aliphatic carbocycles. The molecule has 1 aromatic carbocycles. The highest BCUT2D eigenvalue weighted by Gasteiger charge is 2.27. The fourth-order valence-corrected chi connectivity index (χ4v) is 1.79. The molecule has 7 nitrogen and oxygen atoms in total. The third-order valence-corrected chi connectivity index (χ3v) is 3.10. The first-order chi connectivity index (χ1) is 9.77. The van der Waals surface area contributed by atoms with Crippen LogP contribution in [0.1, 0.15) is 5.56 Å². The zero-order valence-electron chi connectivity index (χ0n) is 10.4. The number of carbonyl (C=O) groups is 3. The second-order valence-corrected chi connectivity index (χ2v) is 4.54. The minimum Gasteiger partial charge on any atom is -0.506 e. The highest BCUT2D eigenvalue weighted by Crippen LogP contribution is 2.23. The van der Waals surface area contributed by atoms with Crippen molar-refractivity contribution in [3.63, 3.8) is 0 Å². The van der Waals surface area contributed by atoms with E-state index < -0.39 is 39.2 Å². The molecule has 0 spiro atoms. The third-order valence-electron chi connectivity index (χ3n) is 2.37. The molecule has 0 radical (unpaired) electrons. The summed E-state index contributed by atoms with van der Waals surface area (Å²) in [5, 5.41) is 28.2. The van der Waals surface area contributed by atoms with Crippen molar-refractivity contribution in [2.75, 3.05) is 0 Å². The molecule has 0 aliphatic heterocycles. The molecule has 1 aromatic rings. The van der Waals surface area contributed by atoms with Gasteiger partial charge in [-0.15, -0.1) is 0 Å². The van der Waals surface area contributed by atoms with Crippen LogP contribution < -0.4 is 5.73 Å². The lowest BCUT2D eigenvalue weighted by Gasteiger charge is -2.06. The second-order valence-electron chi connectivity index (χ2n) is 3.75. The first-order valence-electron chi connectivity index (χ1n) is 5.42. The minimum absolute atomic E-state index is 0.251. The summed E-state index contributed by atoms with van der Waals surface area (Å²) in [6.45, 7) is 0. The van der Waals surface area contributed by atoms with E-state index in [0.717, 1.165) is 0 Å².